The molecular weight excluding hydrogens is 262 g/mol. The normalized spacial score (nSPS) is 10.1. The zero-order chi connectivity index (χ0) is 15.1. The standard InChI is InChI=1S/C14H19NO5/c1-9(2)14(17)20-8-13(16)15-10-5-6-11(18-3)12(7-10)19-4/h5-7,9H,8H2,1-4H3,(H,15,16). The summed E-state index contributed by atoms with van der Waals surface area (Å²) < 4.78 is 15.1. The van der Waals surface area contributed by atoms with Gasteiger partial charge in [-0.2, -0.15) is 0 Å². The van der Waals surface area contributed by atoms with E-state index < -0.39 is 11.9 Å². The number of benzene rings is 1. The maximum atomic E-state index is 11.6. The van der Waals surface area contributed by atoms with Crippen molar-refractivity contribution in [3.05, 3.63) is 18.2 Å². The molecule has 6 heteroatoms. The van der Waals surface area contributed by atoms with Gasteiger partial charge in [0.2, 0.25) is 0 Å². The van der Waals surface area contributed by atoms with Crippen molar-refractivity contribution in [1.29, 1.82) is 0 Å². The smallest absolute Gasteiger partial charge is 0.308 e. The van der Waals surface area contributed by atoms with E-state index >= 15 is 0 Å². The van der Waals surface area contributed by atoms with Gasteiger partial charge < -0.3 is 19.5 Å². The number of hydrogen-bond donors (Lipinski definition) is 1. The summed E-state index contributed by atoms with van der Waals surface area (Å²) in [6.45, 7) is 3.09. The Morgan fingerprint density at radius 1 is 1.15 bits per heavy atom. The van der Waals surface area contributed by atoms with Crippen molar-refractivity contribution >= 4 is 17.6 Å². The van der Waals surface area contributed by atoms with Gasteiger partial charge in [0.1, 0.15) is 0 Å². The fourth-order valence-corrected chi connectivity index (χ4v) is 1.41. The minimum Gasteiger partial charge on any atom is -0.493 e. The van der Waals surface area contributed by atoms with Crippen LogP contribution in [0.4, 0.5) is 5.69 Å². The van der Waals surface area contributed by atoms with E-state index in [1.165, 1.54) is 14.2 Å². The summed E-state index contributed by atoms with van der Waals surface area (Å²) in [6, 6.07) is 4.97. The molecule has 0 fully saturated rings. The predicted octanol–water partition coefficient (Wildman–Crippen LogP) is 1.84. The molecule has 0 aliphatic rings. The molecule has 1 aromatic carbocycles. The van der Waals surface area contributed by atoms with E-state index in [9.17, 15) is 9.59 Å². The summed E-state index contributed by atoms with van der Waals surface area (Å²) >= 11 is 0. The first-order valence-corrected chi connectivity index (χ1v) is 6.16. The lowest BCUT2D eigenvalue weighted by Gasteiger charge is -2.11. The Labute approximate surface area is 118 Å². The SMILES string of the molecule is COc1ccc(NC(=O)COC(=O)C(C)C)cc1OC. The molecule has 1 N–H and O–H groups in total. The average Bonchev–Trinajstić information content (AvgIpc) is 2.44. The average molecular weight is 281 g/mol. The van der Waals surface area contributed by atoms with Crippen LogP contribution in [-0.4, -0.2) is 32.7 Å². The number of rotatable bonds is 6. The van der Waals surface area contributed by atoms with Gasteiger partial charge >= 0.3 is 5.97 Å². The molecule has 0 heterocycles. The quantitative estimate of drug-likeness (QED) is 0.805. The van der Waals surface area contributed by atoms with Gasteiger partial charge in [0, 0.05) is 11.8 Å². The second-order valence-corrected chi connectivity index (χ2v) is 4.38. The molecule has 1 amide bonds. The fraction of sp³-hybridized carbons (Fsp3) is 0.429. The Kier molecular flexibility index (Phi) is 5.83. The monoisotopic (exact) mass is 281 g/mol. The third-order valence-corrected chi connectivity index (χ3v) is 2.48. The lowest BCUT2D eigenvalue weighted by atomic mass is 10.2. The number of amides is 1. The number of esters is 1. The Morgan fingerprint density at radius 3 is 2.35 bits per heavy atom. The molecule has 0 unspecified atom stereocenters. The minimum atomic E-state index is -0.411. The van der Waals surface area contributed by atoms with Gasteiger partial charge in [-0.15, -0.1) is 0 Å². The van der Waals surface area contributed by atoms with Gasteiger partial charge in [0.05, 0.1) is 20.1 Å². The molecule has 6 nitrogen and oxygen atoms in total. The van der Waals surface area contributed by atoms with Crippen molar-refractivity contribution in [3.63, 3.8) is 0 Å². The van der Waals surface area contributed by atoms with Gasteiger partial charge in [0.15, 0.2) is 18.1 Å². The van der Waals surface area contributed by atoms with Gasteiger partial charge in [-0.05, 0) is 12.1 Å². The van der Waals surface area contributed by atoms with Gasteiger partial charge in [-0.25, -0.2) is 0 Å². The van der Waals surface area contributed by atoms with Crippen LogP contribution < -0.4 is 14.8 Å². The van der Waals surface area contributed by atoms with Gasteiger partial charge in [-0.1, -0.05) is 13.8 Å². The van der Waals surface area contributed by atoms with Crippen molar-refractivity contribution in [3.8, 4) is 11.5 Å². The zero-order valence-corrected chi connectivity index (χ0v) is 12.1. The first-order chi connectivity index (χ1) is 9.47. The summed E-state index contributed by atoms with van der Waals surface area (Å²) in [5.74, 6) is -0.0104. The molecule has 0 aliphatic carbocycles. The van der Waals surface area contributed by atoms with Crippen molar-refractivity contribution in [2.45, 2.75) is 13.8 Å². The van der Waals surface area contributed by atoms with Crippen LogP contribution in [-0.2, 0) is 14.3 Å². The van der Waals surface area contributed by atoms with Crippen LogP contribution in [0.1, 0.15) is 13.8 Å². The highest BCUT2D eigenvalue weighted by molar-refractivity contribution is 5.93. The van der Waals surface area contributed by atoms with Crippen molar-refractivity contribution in [2.75, 3.05) is 26.1 Å². The highest BCUT2D eigenvalue weighted by Gasteiger charge is 2.12. The molecule has 0 saturated heterocycles. The lowest BCUT2D eigenvalue weighted by molar-refractivity contribution is -0.150. The Bertz CT molecular complexity index is 484. The molecule has 20 heavy (non-hydrogen) atoms. The molecule has 0 spiro atoms. The second-order valence-electron chi connectivity index (χ2n) is 4.38. The number of carbonyl (C=O) groups excluding carboxylic acids is 2. The largest absolute Gasteiger partial charge is 0.493 e. The molecule has 0 aliphatic heterocycles. The molecular formula is C14H19NO5. The van der Waals surface area contributed by atoms with E-state index in [2.05, 4.69) is 5.32 Å². The van der Waals surface area contributed by atoms with E-state index in [1.54, 1.807) is 32.0 Å². The van der Waals surface area contributed by atoms with Crippen LogP contribution >= 0.6 is 0 Å². The summed E-state index contributed by atoms with van der Waals surface area (Å²) in [5, 5.41) is 2.61. The molecule has 110 valence electrons. The second kappa shape index (κ2) is 7.37. The first kappa shape index (κ1) is 15.8. The summed E-state index contributed by atoms with van der Waals surface area (Å²) in [6.07, 6.45) is 0. The number of nitrogens with one attached hydrogen (secondary N) is 1. The van der Waals surface area contributed by atoms with Crippen LogP contribution in [0.25, 0.3) is 0 Å². The van der Waals surface area contributed by atoms with Crippen LogP contribution in [0.3, 0.4) is 0 Å². The van der Waals surface area contributed by atoms with Crippen molar-refractivity contribution in [1.82, 2.24) is 0 Å². The molecule has 0 radical (unpaired) electrons. The summed E-state index contributed by atoms with van der Waals surface area (Å²) in [7, 11) is 3.04. The maximum Gasteiger partial charge on any atom is 0.308 e. The van der Waals surface area contributed by atoms with E-state index in [0.717, 1.165) is 0 Å². The van der Waals surface area contributed by atoms with E-state index in [0.29, 0.717) is 17.2 Å². The predicted molar refractivity (Wildman–Crippen MR) is 74.0 cm³/mol. The van der Waals surface area contributed by atoms with E-state index in [4.69, 9.17) is 14.2 Å². The fourth-order valence-electron chi connectivity index (χ4n) is 1.41. The van der Waals surface area contributed by atoms with Gasteiger partial charge in [0.25, 0.3) is 5.91 Å². The minimum absolute atomic E-state index is 0.260. The highest BCUT2D eigenvalue weighted by atomic mass is 16.5. The van der Waals surface area contributed by atoms with Crippen LogP contribution in [0, 0.1) is 5.92 Å². The third-order valence-electron chi connectivity index (χ3n) is 2.48. The zero-order valence-electron chi connectivity index (χ0n) is 12.1. The number of methoxy groups -OCH3 is 2. The Morgan fingerprint density at radius 2 is 1.80 bits per heavy atom. The van der Waals surface area contributed by atoms with Crippen LogP contribution in [0.2, 0.25) is 0 Å². The molecule has 0 saturated carbocycles. The summed E-state index contributed by atoms with van der Waals surface area (Å²) in [4.78, 5) is 22.9. The van der Waals surface area contributed by atoms with Crippen LogP contribution in [0.15, 0.2) is 18.2 Å². The first-order valence-electron chi connectivity index (χ1n) is 6.16. The topological polar surface area (TPSA) is 73.9 Å². The lowest BCUT2D eigenvalue weighted by Crippen LogP contribution is -2.22. The number of anilines is 1. The van der Waals surface area contributed by atoms with Gasteiger partial charge in [-0.3, -0.25) is 9.59 Å². The molecule has 1 rings (SSSR count). The third kappa shape index (κ3) is 4.46. The Balaban J connectivity index is 2.60. The molecule has 0 aromatic heterocycles. The number of ether oxygens (including phenoxy) is 3. The highest BCUT2D eigenvalue weighted by Crippen LogP contribution is 2.29. The van der Waals surface area contributed by atoms with Crippen LogP contribution in [0.5, 0.6) is 11.5 Å². The molecule has 0 atom stereocenters. The number of hydrogen-bond acceptors (Lipinski definition) is 5. The number of carbonyl (C=O) groups is 2. The van der Waals surface area contributed by atoms with Crippen molar-refractivity contribution < 1.29 is 23.8 Å². The Hall–Kier alpha value is -2.24. The molecule has 1 aromatic rings. The maximum absolute atomic E-state index is 11.6. The van der Waals surface area contributed by atoms with E-state index in [1.807, 2.05) is 0 Å². The summed E-state index contributed by atoms with van der Waals surface area (Å²) in [5.41, 5.74) is 0.535. The van der Waals surface area contributed by atoms with E-state index in [-0.39, 0.29) is 12.5 Å². The van der Waals surface area contributed by atoms with Crippen molar-refractivity contribution in [2.24, 2.45) is 5.92 Å². The molecule has 0 bridgehead atoms.